The summed E-state index contributed by atoms with van der Waals surface area (Å²) >= 11 is 12.1. The molecular weight excluding hydrogens is 945 g/mol. The van der Waals surface area contributed by atoms with Crippen LogP contribution in [0, 0.1) is 5.41 Å². The maximum atomic E-state index is 10.5. The third-order valence-corrected chi connectivity index (χ3v) is 2.03. The number of hydrogen-bond donors (Lipinski definition) is 2. The molecule has 141 valence electrons. The van der Waals surface area contributed by atoms with Crippen LogP contribution >= 0.6 is 99.9 Å². The summed E-state index contributed by atoms with van der Waals surface area (Å²) in [5, 5.41) is 17.5. The van der Waals surface area contributed by atoms with E-state index in [0.29, 0.717) is 9.47 Å². The average Bonchev–Trinajstić information content (AvgIpc) is 2.26. The first-order valence-electron chi connectivity index (χ1n) is 6.10. The molecule has 4 nitrogen and oxygen atoms in total. The molecule has 0 spiro atoms. The van der Waals surface area contributed by atoms with Gasteiger partial charge in [0.05, 0.1) is 12.2 Å². The summed E-state index contributed by atoms with van der Waals surface area (Å²) in [6.45, 7) is 9.56. The van der Waals surface area contributed by atoms with E-state index in [2.05, 4.69) is 99.9 Å². The van der Waals surface area contributed by atoms with E-state index in [-0.39, 0.29) is 29.5 Å². The zero-order valence-corrected chi connectivity index (χ0v) is 27.5. The Morgan fingerprint density at radius 3 is 1.30 bits per heavy atom. The zero-order valence-electron chi connectivity index (χ0n) is 13.9. The fraction of sp³-hybridized carbons (Fsp3) is 0.833. The van der Waals surface area contributed by atoms with E-state index < -0.39 is 11.0 Å². The van der Waals surface area contributed by atoms with E-state index >= 15 is 0 Å². The number of ketones is 2. The molecule has 0 rings (SSSR count). The predicted molar refractivity (Wildman–Crippen MR) is 133 cm³/mol. The number of aliphatic hydroxyl groups is 2. The van der Waals surface area contributed by atoms with Crippen LogP contribution in [0.4, 0.5) is 0 Å². The van der Waals surface area contributed by atoms with Gasteiger partial charge in [0, 0.05) is 11.8 Å². The predicted octanol–water partition coefficient (Wildman–Crippen LogP) is 5.75. The minimum atomic E-state index is -0.828. The van der Waals surface area contributed by atoms with E-state index in [9.17, 15) is 9.59 Å². The van der Waals surface area contributed by atoms with Crippen molar-refractivity contribution < 1.29 is 34.2 Å². The van der Waals surface area contributed by atoms with Crippen molar-refractivity contribution in [3.63, 3.8) is 0 Å². The molecule has 0 aliphatic heterocycles. The van der Waals surface area contributed by atoms with Crippen LogP contribution in [0.2, 0.25) is 0 Å². The molecule has 0 aliphatic carbocycles. The van der Waals surface area contributed by atoms with Gasteiger partial charge in [-0.05, 0) is 27.7 Å². The molecule has 0 fully saturated rings. The van der Waals surface area contributed by atoms with E-state index in [1.165, 1.54) is 13.8 Å². The molecule has 0 amide bonds. The van der Waals surface area contributed by atoms with Crippen molar-refractivity contribution in [2.45, 2.75) is 53.6 Å². The fourth-order valence-corrected chi connectivity index (χ4v) is 0.721. The topological polar surface area (TPSA) is 74.6 Å². The standard InChI is InChI=1S/2C6H12O2.5HI.2V/c1-5(8)6(2,3)4-7;1-5(7)4-6(2,3)8;;;;;;;/h7H,4H2,1-3H3;8H,4H2,1-3H3;5*1H;;/q;;;;;;;+2;+3/p-5. The van der Waals surface area contributed by atoms with Crippen molar-refractivity contribution in [3.8, 4) is 0 Å². The van der Waals surface area contributed by atoms with Gasteiger partial charge in [-0.2, -0.15) is 0 Å². The third-order valence-electron chi connectivity index (χ3n) is 2.03. The van der Waals surface area contributed by atoms with Crippen molar-refractivity contribution in [3.05, 3.63) is 0 Å². The molecule has 0 saturated heterocycles. The number of hydrogen-bond acceptors (Lipinski definition) is 4. The molecule has 23 heavy (non-hydrogen) atoms. The Bertz CT molecular complexity index is 308. The summed E-state index contributed by atoms with van der Waals surface area (Å²) in [6, 6.07) is 0. The molecule has 0 unspecified atom stereocenters. The quantitative estimate of drug-likeness (QED) is 0.353. The van der Waals surface area contributed by atoms with E-state index in [1.807, 2.05) is 0 Å². The Morgan fingerprint density at radius 2 is 1.30 bits per heavy atom. The van der Waals surface area contributed by atoms with Crippen molar-refractivity contribution in [2.24, 2.45) is 5.41 Å². The first-order valence-corrected chi connectivity index (χ1v) is 28.6. The van der Waals surface area contributed by atoms with E-state index in [1.54, 1.807) is 27.7 Å². The molecule has 11 heteroatoms. The monoisotopic (exact) mass is 969 g/mol. The molecule has 0 saturated carbocycles. The van der Waals surface area contributed by atoms with Crippen LogP contribution in [-0.2, 0) is 24.0 Å². The van der Waals surface area contributed by atoms with Gasteiger partial charge in [0.25, 0.3) is 0 Å². The van der Waals surface area contributed by atoms with Gasteiger partial charge >= 0.3 is 114 Å². The van der Waals surface area contributed by atoms with Crippen LogP contribution in [0.5, 0.6) is 0 Å². The van der Waals surface area contributed by atoms with Gasteiger partial charge in [-0.3, -0.25) is 9.59 Å². The van der Waals surface area contributed by atoms with Crippen LogP contribution in [0.1, 0.15) is 48.0 Å². The number of rotatable bonds is 4. The second kappa shape index (κ2) is 20.8. The number of carbonyl (C=O) groups is 2. The molecule has 0 aromatic carbocycles. The Morgan fingerprint density at radius 1 is 1.04 bits per heavy atom. The molecule has 0 aromatic heterocycles. The van der Waals surface area contributed by atoms with Crippen LogP contribution < -0.4 is 0 Å². The van der Waals surface area contributed by atoms with Crippen LogP contribution in [0.25, 0.3) is 0 Å². The molecule has 0 heterocycles. The molecule has 2 N–H and O–H groups in total. The third kappa shape index (κ3) is 46.3. The second-order valence-corrected chi connectivity index (χ2v) is 52.7. The summed E-state index contributed by atoms with van der Waals surface area (Å²) in [6.07, 6.45) is 0.243. The molecular formula is C12H24I5O4V2. The van der Waals surface area contributed by atoms with E-state index in [0.717, 1.165) is 0 Å². The van der Waals surface area contributed by atoms with Gasteiger partial charge in [-0.25, -0.2) is 0 Å². The average molecular weight is 969 g/mol. The SMILES string of the molecule is CC(=O)C(C)(C)CO.CC(=O)CC(C)(C)O.[I][V]([I])[I].[I][V][I]. The first kappa shape index (κ1) is 34.6. The zero-order chi connectivity index (χ0) is 19.9. The summed E-state index contributed by atoms with van der Waals surface area (Å²) in [5.41, 5.74) is -1.37. The van der Waals surface area contributed by atoms with Gasteiger partial charge in [0.2, 0.25) is 0 Å². The fourth-order valence-electron chi connectivity index (χ4n) is 0.721. The molecule has 0 radical (unpaired) electrons. The number of carbonyl (C=O) groups excluding carboxylic acids is 2. The normalized spacial score (nSPS) is 10.2. The summed E-state index contributed by atoms with van der Waals surface area (Å²) in [4.78, 5) is 20.6. The van der Waals surface area contributed by atoms with Gasteiger partial charge in [0.1, 0.15) is 11.6 Å². The summed E-state index contributed by atoms with van der Waals surface area (Å²) in [5.74, 6) is 0.0532. The molecule has 0 bridgehead atoms. The Hall–Kier alpha value is 4.08. The van der Waals surface area contributed by atoms with Crippen LogP contribution in [0.3, 0.4) is 0 Å². The summed E-state index contributed by atoms with van der Waals surface area (Å²) in [7, 11) is 0.628. The van der Waals surface area contributed by atoms with Crippen molar-refractivity contribution in [2.75, 3.05) is 6.61 Å². The van der Waals surface area contributed by atoms with Crippen molar-refractivity contribution in [1.29, 1.82) is 0 Å². The second-order valence-electron chi connectivity index (χ2n) is 5.54. The van der Waals surface area contributed by atoms with Gasteiger partial charge < -0.3 is 10.2 Å². The van der Waals surface area contributed by atoms with E-state index in [4.69, 9.17) is 10.2 Å². The maximum absolute atomic E-state index is 10.5. The summed E-state index contributed by atoms with van der Waals surface area (Å²) < 4.78 is 0. The van der Waals surface area contributed by atoms with Crippen molar-refractivity contribution in [1.82, 2.24) is 0 Å². The first-order chi connectivity index (χ1) is 10.1. The van der Waals surface area contributed by atoms with Crippen LogP contribution in [0.15, 0.2) is 0 Å². The Labute approximate surface area is 207 Å². The minimum absolute atomic E-state index is 0.0255. The van der Waals surface area contributed by atoms with Gasteiger partial charge in [-0.1, -0.05) is 13.8 Å². The van der Waals surface area contributed by atoms with Crippen LogP contribution in [-0.4, -0.2) is 34.0 Å². The Kier molecular flexibility index (Phi) is 31.3. The van der Waals surface area contributed by atoms with Gasteiger partial charge in [0.15, 0.2) is 0 Å². The number of halogens is 5. The van der Waals surface area contributed by atoms with Gasteiger partial charge in [-0.15, -0.1) is 0 Å². The molecule has 0 aromatic rings. The molecule has 0 aliphatic rings. The number of Topliss-reactive ketones (excluding diaryl/α,β-unsaturated/α-hetero) is 2. The molecule has 0 atom stereocenters. The Balaban J connectivity index is -0.000000113. The number of aliphatic hydroxyl groups excluding tert-OH is 1. The van der Waals surface area contributed by atoms with Crippen molar-refractivity contribution >= 4 is 111 Å².